The van der Waals surface area contributed by atoms with E-state index in [1.807, 2.05) is 26.0 Å². The van der Waals surface area contributed by atoms with E-state index in [1.54, 1.807) is 18.4 Å². The van der Waals surface area contributed by atoms with Crippen molar-refractivity contribution in [1.82, 2.24) is 0 Å². The summed E-state index contributed by atoms with van der Waals surface area (Å²) >= 11 is 6.09. The molecule has 1 heterocycles. The van der Waals surface area contributed by atoms with E-state index in [9.17, 15) is 4.79 Å². The quantitative estimate of drug-likeness (QED) is 0.690. The average Bonchev–Trinajstić information content (AvgIpc) is 3.02. The van der Waals surface area contributed by atoms with Gasteiger partial charge in [0, 0.05) is 23.1 Å². The molecular formula is C20H20ClNO4. The largest absolute Gasteiger partial charge is 0.495 e. The molecule has 0 bridgehead atoms. The first kappa shape index (κ1) is 18.1. The second kappa shape index (κ2) is 7.30. The molecule has 0 fully saturated rings. The van der Waals surface area contributed by atoms with Crippen LogP contribution in [0.25, 0.3) is 11.0 Å². The minimum absolute atomic E-state index is 0.184. The van der Waals surface area contributed by atoms with Crippen molar-refractivity contribution >= 4 is 34.2 Å². The van der Waals surface area contributed by atoms with Crippen LogP contribution in [0.15, 0.2) is 34.9 Å². The number of amides is 1. The Morgan fingerprint density at radius 1 is 1.15 bits per heavy atom. The van der Waals surface area contributed by atoms with Gasteiger partial charge in [0.05, 0.1) is 37.6 Å². The zero-order valence-corrected chi connectivity index (χ0v) is 15.9. The van der Waals surface area contributed by atoms with Gasteiger partial charge in [-0.1, -0.05) is 23.7 Å². The number of anilines is 1. The molecule has 1 amide bonds. The lowest BCUT2D eigenvalue weighted by Crippen LogP contribution is -2.15. The minimum atomic E-state index is -0.186. The lowest BCUT2D eigenvalue weighted by molar-refractivity contribution is -0.115. The Labute approximate surface area is 156 Å². The highest BCUT2D eigenvalue weighted by Gasteiger charge is 2.16. The molecule has 0 atom stereocenters. The highest BCUT2D eigenvalue weighted by atomic mass is 35.5. The Hall–Kier alpha value is -2.66. The molecule has 0 aliphatic carbocycles. The smallest absolute Gasteiger partial charge is 0.229 e. The molecular weight excluding hydrogens is 354 g/mol. The first-order chi connectivity index (χ1) is 12.4. The number of halogens is 1. The van der Waals surface area contributed by atoms with E-state index in [2.05, 4.69) is 5.32 Å². The maximum absolute atomic E-state index is 12.5. The maximum atomic E-state index is 12.5. The van der Waals surface area contributed by atoms with Crippen molar-refractivity contribution in [3.05, 3.63) is 52.2 Å². The summed E-state index contributed by atoms with van der Waals surface area (Å²) in [7, 11) is 3.03. The molecule has 5 nitrogen and oxygen atoms in total. The predicted octanol–water partition coefficient (Wildman–Crippen LogP) is 4.90. The normalized spacial score (nSPS) is 10.8. The molecule has 1 N–H and O–H groups in total. The Kier molecular flexibility index (Phi) is 5.09. The monoisotopic (exact) mass is 373 g/mol. The lowest BCUT2D eigenvalue weighted by atomic mass is 10.0. The van der Waals surface area contributed by atoms with Crippen LogP contribution >= 0.6 is 11.6 Å². The van der Waals surface area contributed by atoms with E-state index in [0.717, 1.165) is 27.7 Å². The van der Waals surface area contributed by atoms with Crippen LogP contribution in [-0.2, 0) is 11.2 Å². The highest BCUT2D eigenvalue weighted by Crippen LogP contribution is 2.36. The summed E-state index contributed by atoms with van der Waals surface area (Å²) in [6.07, 6.45) is 1.82. The van der Waals surface area contributed by atoms with Crippen LogP contribution in [-0.4, -0.2) is 20.1 Å². The second-order valence-corrected chi connectivity index (χ2v) is 6.46. The second-order valence-electron chi connectivity index (χ2n) is 6.06. The number of aryl methyl sites for hydroxylation is 2. The molecule has 3 rings (SSSR count). The molecule has 26 heavy (non-hydrogen) atoms. The number of ether oxygens (including phenoxy) is 2. The third-order valence-corrected chi connectivity index (χ3v) is 4.74. The van der Waals surface area contributed by atoms with Gasteiger partial charge in [-0.2, -0.15) is 0 Å². The lowest BCUT2D eigenvalue weighted by Gasteiger charge is -2.13. The van der Waals surface area contributed by atoms with Crippen LogP contribution in [0, 0.1) is 13.8 Å². The van der Waals surface area contributed by atoms with Gasteiger partial charge in [-0.25, -0.2) is 0 Å². The summed E-state index contributed by atoms with van der Waals surface area (Å²) in [6, 6.07) is 7.26. The Bertz CT molecular complexity index is 978. The van der Waals surface area contributed by atoms with Crippen LogP contribution in [0.5, 0.6) is 11.5 Å². The summed E-state index contributed by atoms with van der Waals surface area (Å²) in [5, 5.41) is 4.21. The van der Waals surface area contributed by atoms with E-state index >= 15 is 0 Å². The van der Waals surface area contributed by atoms with Crippen LogP contribution in [0.3, 0.4) is 0 Å². The zero-order valence-electron chi connectivity index (χ0n) is 15.1. The summed E-state index contributed by atoms with van der Waals surface area (Å²) in [4.78, 5) is 12.5. The number of hydrogen-bond donors (Lipinski definition) is 1. The van der Waals surface area contributed by atoms with Crippen molar-refractivity contribution in [2.45, 2.75) is 20.3 Å². The number of carbonyl (C=O) groups is 1. The third kappa shape index (κ3) is 3.35. The molecule has 0 radical (unpaired) electrons. The first-order valence-corrected chi connectivity index (χ1v) is 8.50. The fourth-order valence-electron chi connectivity index (χ4n) is 2.85. The SMILES string of the molecule is COc1cc(NC(=O)Cc2coc3c(C)c(C)ccc23)c(OC)cc1Cl. The number of methoxy groups -OCH3 is 2. The highest BCUT2D eigenvalue weighted by molar-refractivity contribution is 6.32. The van der Waals surface area contributed by atoms with Crippen molar-refractivity contribution in [3.8, 4) is 11.5 Å². The summed E-state index contributed by atoms with van der Waals surface area (Å²) < 4.78 is 16.2. The fourth-order valence-corrected chi connectivity index (χ4v) is 3.08. The topological polar surface area (TPSA) is 60.7 Å². The van der Waals surface area contributed by atoms with Crippen LogP contribution in [0.1, 0.15) is 16.7 Å². The molecule has 0 saturated heterocycles. The van der Waals surface area contributed by atoms with E-state index < -0.39 is 0 Å². The molecule has 6 heteroatoms. The predicted molar refractivity (Wildman–Crippen MR) is 103 cm³/mol. The van der Waals surface area contributed by atoms with Crippen LogP contribution in [0.4, 0.5) is 5.69 Å². The number of carbonyl (C=O) groups excluding carboxylic acids is 1. The van der Waals surface area contributed by atoms with E-state index in [4.69, 9.17) is 25.5 Å². The minimum Gasteiger partial charge on any atom is -0.495 e. The Morgan fingerprint density at radius 2 is 1.88 bits per heavy atom. The average molecular weight is 374 g/mol. The molecule has 2 aromatic carbocycles. The summed E-state index contributed by atoms with van der Waals surface area (Å²) in [5.41, 5.74) is 4.39. The van der Waals surface area contributed by atoms with Gasteiger partial charge in [-0.05, 0) is 25.0 Å². The fraction of sp³-hybridized carbons (Fsp3) is 0.250. The standard InChI is InChI=1S/C20H20ClNO4/c1-11-5-6-14-13(10-26-20(14)12(11)2)7-19(23)22-16-9-17(24-3)15(21)8-18(16)25-4/h5-6,8-10H,7H2,1-4H3,(H,22,23). The number of fused-ring (bicyclic) bond motifs is 1. The van der Waals surface area contributed by atoms with Crippen molar-refractivity contribution in [1.29, 1.82) is 0 Å². The van der Waals surface area contributed by atoms with E-state index in [1.165, 1.54) is 14.2 Å². The van der Waals surface area contributed by atoms with Gasteiger partial charge in [0.2, 0.25) is 5.91 Å². The number of nitrogens with one attached hydrogen (secondary N) is 1. The van der Waals surface area contributed by atoms with Crippen molar-refractivity contribution in [2.75, 3.05) is 19.5 Å². The van der Waals surface area contributed by atoms with E-state index in [-0.39, 0.29) is 12.3 Å². The molecule has 0 aliphatic rings. The Balaban J connectivity index is 1.85. The Morgan fingerprint density at radius 3 is 2.58 bits per heavy atom. The molecule has 1 aromatic heterocycles. The van der Waals surface area contributed by atoms with Gasteiger partial charge in [0.15, 0.2) is 0 Å². The van der Waals surface area contributed by atoms with Crippen LogP contribution in [0.2, 0.25) is 5.02 Å². The number of hydrogen-bond acceptors (Lipinski definition) is 4. The summed E-state index contributed by atoms with van der Waals surface area (Å²) in [5.74, 6) is 0.740. The molecule has 0 saturated carbocycles. The van der Waals surface area contributed by atoms with Gasteiger partial charge < -0.3 is 19.2 Å². The van der Waals surface area contributed by atoms with Crippen LogP contribution < -0.4 is 14.8 Å². The molecule has 0 aliphatic heterocycles. The number of rotatable bonds is 5. The van der Waals surface area contributed by atoms with Gasteiger partial charge in [0.1, 0.15) is 17.1 Å². The van der Waals surface area contributed by atoms with Crippen molar-refractivity contribution < 1.29 is 18.7 Å². The first-order valence-electron chi connectivity index (χ1n) is 8.12. The van der Waals surface area contributed by atoms with Gasteiger partial charge in [-0.3, -0.25) is 4.79 Å². The molecule has 0 spiro atoms. The van der Waals surface area contributed by atoms with Gasteiger partial charge in [0.25, 0.3) is 0 Å². The number of benzene rings is 2. The molecule has 3 aromatic rings. The molecule has 0 unspecified atom stereocenters. The number of furan rings is 1. The van der Waals surface area contributed by atoms with Crippen molar-refractivity contribution in [3.63, 3.8) is 0 Å². The van der Waals surface area contributed by atoms with Crippen molar-refractivity contribution in [2.24, 2.45) is 0 Å². The maximum Gasteiger partial charge on any atom is 0.229 e. The van der Waals surface area contributed by atoms with Gasteiger partial charge in [-0.15, -0.1) is 0 Å². The zero-order chi connectivity index (χ0) is 18.8. The summed E-state index contributed by atoms with van der Waals surface area (Å²) in [6.45, 7) is 4.04. The molecule has 136 valence electrons. The third-order valence-electron chi connectivity index (χ3n) is 4.44. The van der Waals surface area contributed by atoms with Gasteiger partial charge >= 0.3 is 0 Å². The van der Waals surface area contributed by atoms with E-state index in [0.29, 0.717) is 22.2 Å².